The lowest BCUT2D eigenvalue weighted by molar-refractivity contribution is 0.675. The lowest BCUT2D eigenvalue weighted by Gasteiger charge is -2.46. The van der Waals surface area contributed by atoms with Crippen molar-refractivity contribution >= 4 is 8.07 Å². The van der Waals surface area contributed by atoms with E-state index in [2.05, 4.69) is 41.5 Å². The Hall–Kier alpha value is 0.177. The molecule has 0 bridgehead atoms. The molecular formula is C14H33NSi. The molecule has 0 radical (unpaired) electrons. The predicted octanol–water partition coefficient (Wildman–Crippen LogP) is 4.79. The molecule has 0 aliphatic carbocycles. The average Bonchev–Trinajstić information content (AvgIpc) is 2.32. The highest BCUT2D eigenvalue weighted by molar-refractivity contribution is 6.83. The highest BCUT2D eigenvalue weighted by Crippen LogP contribution is 2.48. The molecule has 0 spiro atoms. The summed E-state index contributed by atoms with van der Waals surface area (Å²) in [4.78, 5) is 0. The van der Waals surface area contributed by atoms with Gasteiger partial charge < -0.3 is 5.73 Å². The normalized spacial score (nSPS) is 21.2. The second-order valence-corrected chi connectivity index (χ2v) is 11.3. The Bertz CT molecular complexity index is 155. The summed E-state index contributed by atoms with van der Waals surface area (Å²) in [6, 6.07) is 1.33. The first kappa shape index (κ1) is 16.2. The van der Waals surface area contributed by atoms with Gasteiger partial charge in [0, 0.05) is 0 Å². The van der Waals surface area contributed by atoms with Crippen molar-refractivity contribution in [1.82, 2.24) is 0 Å². The summed E-state index contributed by atoms with van der Waals surface area (Å²) in [5, 5.41) is 0. The summed E-state index contributed by atoms with van der Waals surface area (Å²) < 4.78 is 0. The first-order valence-corrected chi connectivity index (χ1v) is 9.65. The minimum absolute atomic E-state index is 0.894. The molecule has 0 aromatic rings. The molecule has 3 atom stereocenters. The van der Waals surface area contributed by atoms with E-state index in [0.29, 0.717) is 0 Å². The Kier molecular flexibility index (Phi) is 7.58. The van der Waals surface area contributed by atoms with Gasteiger partial charge in [-0.1, -0.05) is 60.8 Å². The van der Waals surface area contributed by atoms with Gasteiger partial charge in [-0.05, 0) is 29.2 Å². The predicted molar refractivity (Wildman–Crippen MR) is 78.8 cm³/mol. The number of rotatable bonds is 8. The van der Waals surface area contributed by atoms with Crippen molar-refractivity contribution in [3.63, 3.8) is 0 Å². The van der Waals surface area contributed by atoms with E-state index in [-0.39, 0.29) is 0 Å². The zero-order valence-corrected chi connectivity index (χ0v) is 13.3. The van der Waals surface area contributed by atoms with Gasteiger partial charge in [0.2, 0.25) is 0 Å². The highest BCUT2D eigenvalue weighted by atomic mass is 28.3. The van der Waals surface area contributed by atoms with Crippen molar-refractivity contribution in [2.24, 2.45) is 5.73 Å². The van der Waals surface area contributed by atoms with Gasteiger partial charge in [0.05, 0.1) is 8.07 Å². The monoisotopic (exact) mass is 243 g/mol. The van der Waals surface area contributed by atoms with Gasteiger partial charge in [-0.3, -0.25) is 0 Å². The van der Waals surface area contributed by atoms with Crippen LogP contribution in [-0.2, 0) is 0 Å². The third-order valence-electron chi connectivity index (χ3n) is 5.17. The molecule has 3 unspecified atom stereocenters. The van der Waals surface area contributed by atoms with E-state index in [1.54, 1.807) is 0 Å². The number of hydrogen-bond donors (Lipinski definition) is 1. The molecule has 0 saturated heterocycles. The van der Waals surface area contributed by atoms with E-state index in [1.807, 2.05) is 0 Å². The SMILES string of the molecule is CCC(C)[Si](CCN)(C(C)CC)C(C)CC. The molecule has 98 valence electrons. The van der Waals surface area contributed by atoms with Crippen LogP contribution in [-0.4, -0.2) is 14.6 Å². The quantitative estimate of drug-likeness (QED) is 0.609. The molecule has 0 amide bonds. The smallest absolute Gasteiger partial charge is 0.0633 e. The molecule has 0 heterocycles. The molecular weight excluding hydrogens is 210 g/mol. The molecule has 16 heavy (non-hydrogen) atoms. The van der Waals surface area contributed by atoms with Crippen LogP contribution in [0.3, 0.4) is 0 Å². The van der Waals surface area contributed by atoms with E-state index in [0.717, 1.165) is 23.2 Å². The molecule has 2 heteroatoms. The van der Waals surface area contributed by atoms with Gasteiger partial charge in [0.15, 0.2) is 0 Å². The summed E-state index contributed by atoms with van der Waals surface area (Å²) >= 11 is 0. The first-order valence-electron chi connectivity index (χ1n) is 7.21. The maximum Gasteiger partial charge on any atom is 0.0633 e. The molecule has 2 N–H and O–H groups in total. The summed E-state index contributed by atoms with van der Waals surface area (Å²) in [5.41, 5.74) is 8.68. The minimum Gasteiger partial charge on any atom is -0.331 e. The molecule has 0 aliphatic heterocycles. The van der Waals surface area contributed by atoms with E-state index < -0.39 is 8.07 Å². The van der Waals surface area contributed by atoms with Crippen molar-refractivity contribution < 1.29 is 0 Å². The second kappa shape index (κ2) is 7.49. The maximum absolute atomic E-state index is 5.93. The highest BCUT2D eigenvalue weighted by Gasteiger charge is 2.44. The van der Waals surface area contributed by atoms with Crippen molar-refractivity contribution in [3.05, 3.63) is 0 Å². The summed E-state index contributed by atoms with van der Waals surface area (Å²) in [5.74, 6) is 0. The van der Waals surface area contributed by atoms with Crippen LogP contribution in [0.25, 0.3) is 0 Å². The van der Waals surface area contributed by atoms with E-state index >= 15 is 0 Å². The van der Waals surface area contributed by atoms with Crippen LogP contribution in [0.2, 0.25) is 22.7 Å². The lowest BCUT2D eigenvalue weighted by Crippen LogP contribution is -2.47. The van der Waals surface area contributed by atoms with Gasteiger partial charge in [-0.2, -0.15) is 0 Å². The van der Waals surface area contributed by atoms with Crippen LogP contribution in [0.5, 0.6) is 0 Å². The zero-order valence-electron chi connectivity index (χ0n) is 12.3. The molecule has 0 aliphatic rings. The van der Waals surface area contributed by atoms with Crippen LogP contribution in [0.1, 0.15) is 60.8 Å². The van der Waals surface area contributed by atoms with Crippen molar-refractivity contribution in [1.29, 1.82) is 0 Å². The lowest BCUT2D eigenvalue weighted by atomic mass is 10.3. The fourth-order valence-corrected chi connectivity index (χ4v) is 10.8. The topological polar surface area (TPSA) is 26.0 Å². The zero-order chi connectivity index (χ0) is 12.8. The van der Waals surface area contributed by atoms with Crippen LogP contribution in [0, 0.1) is 0 Å². The largest absolute Gasteiger partial charge is 0.331 e. The van der Waals surface area contributed by atoms with Crippen molar-refractivity contribution in [2.75, 3.05) is 6.54 Å². The third kappa shape index (κ3) is 3.10. The van der Waals surface area contributed by atoms with Gasteiger partial charge in [-0.25, -0.2) is 0 Å². The molecule has 1 nitrogen and oxygen atoms in total. The minimum atomic E-state index is -1.23. The molecule has 0 rings (SSSR count). The first-order chi connectivity index (χ1) is 7.50. The van der Waals surface area contributed by atoms with Crippen molar-refractivity contribution in [3.8, 4) is 0 Å². The Morgan fingerprint density at radius 1 is 0.812 bits per heavy atom. The van der Waals surface area contributed by atoms with Crippen LogP contribution < -0.4 is 5.73 Å². The van der Waals surface area contributed by atoms with Crippen LogP contribution in [0.4, 0.5) is 0 Å². The Labute approximate surface area is 104 Å². The average molecular weight is 244 g/mol. The van der Waals surface area contributed by atoms with Gasteiger partial charge in [0.1, 0.15) is 0 Å². The van der Waals surface area contributed by atoms with Gasteiger partial charge in [-0.15, -0.1) is 0 Å². The standard InChI is InChI=1S/C14H33NSi/c1-7-12(4)16(11-10-15,13(5)8-2)14(6)9-3/h12-14H,7-11,15H2,1-6H3. The third-order valence-corrected chi connectivity index (χ3v) is 13.1. The van der Waals surface area contributed by atoms with Crippen molar-refractivity contribution in [2.45, 2.75) is 83.5 Å². The molecule has 0 saturated carbocycles. The van der Waals surface area contributed by atoms with Crippen LogP contribution in [0.15, 0.2) is 0 Å². The Morgan fingerprint density at radius 3 is 1.31 bits per heavy atom. The number of nitrogens with two attached hydrogens (primary N) is 1. The summed E-state index contributed by atoms with van der Waals surface area (Å²) in [6.45, 7) is 15.4. The fraction of sp³-hybridized carbons (Fsp3) is 1.00. The summed E-state index contributed by atoms with van der Waals surface area (Å²) in [6.07, 6.45) is 4.00. The number of hydrogen-bond acceptors (Lipinski definition) is 1. The Balaban J connectivity index is 5.19. The van der Waals surface area contributed by atoms with E-state index in [1.165, 1.54) is 25.3 Å². The van der Waals surface area contributed by atoms with E-state index in [9.17, 15) is 0 Å². The van der Waals surface area contributed by atoms with E-state index in [4.69, 9.17) is 5.73 Å². The van der Waals surface area contributed by atoms with Crippen LogP contribution >= 0.6 is 0 Å². The van der Waals surface area contributed by atoms with Gasteiger partial charge >= 0.3 is 0 Å². The summed E-state index contributed by atoms with van der Waals surface area (Å²) in [7, 11) is -1.23. The maximum atomic E-state index is 5.93. The molecule has 0 aromatic heterocycles. The second-order valence-electron chi connectivity index (χ2n) is 5.58. The fourth-order valence-electron chi connectivity index (χ4n) is 3.59. The molecule has 0 fully saturated rings. The molecule has 0 aromatic carbocycles. The Morgan fingerprint density at radius 2 is 1.12 bits per heavy atom. The van der Waals surface area contributed by atoms with Gasteiger partial charge in [0.25, 0.3) is 0 Å².